The van der Waals surface area contributed by atoms with Gasteiger partial charge in [-0.3, -0.25) is 10.1 Å². The van der Waals surface area contributed by atoms with E-state index in [1.165, 1.54) is 6.07 Å². The SMILES string of the molecule is C=CCN(c1ccc([N+](=O)[O-])c(C#N)c1)C(C)C. The number of hydrogen-bond acceptors (Lipinski definition) is 4. The maximum absolute atomic E-state index is 10.7. The molecular weight excluding hydrogens is 230 g/mol. The zero-order chi connectivity index (χ0) is 13.7. The predicted octanol–water partition coefficient (Wildman–Crippen LogP) is 2.87. The first-order valence-electron chi connectivity index (χ1n) is 5.57. The number of hydrogen-bond donors (Lipinski definition) is 0. The zero-order valence-electron chi connectivity index (χ0n) is 10.5. The Morgan fingerprint density at radius 1 is 1.61 bits per heavy atom. The molecule has 0 aliphatic heterocycles. The maximum Gasteiger partial charge on any atom is 0.287 e. The van der Waals surface area contributed by atoms with Crippen LogP contribution in [0.2, 0.25) is 0 Å². The largest absolute Gasteiger partial charge is 0.365 e. The van der Waals surface area contributed by atoms with Gasteiger partial charge in [0.15, 0.2) is 0 Å². The van der Waals surface area contributed by atoms with E-state index in [-0.39, 0.29) is 17.3 Å². The number of nitro benzene ring substituents is 1. The number of nitriles is 1. The van der Waals surface area contributed by atoms with Crippen LogP contribution in [-0.4, -0.2) is 17.5 Å². The van der Waals surface area contributed by atoms with Crippen molar-refractivity contribution in [2.24, 2.45) is 0 Å². The van der Waals surface area contributed by atoms with E-state index < -0.39 is 4.92 Å². The van der Waals surface area contributed by atoms with Crippen molar-refractivity contribution < 1.29 is 4.92 Å². The first-order valence-corrected chi connectivity index (χ1v) is 5.57. The highest BCUT2D eigenvalue weighted by molar-refractivity contribution is 5.60. The van der Waals surface area contributed by atoms with Crippen LogP contribution in [0, 0.1) is 21.4 Å². The van der Waals surface area contributed by atoms with Gasteiger partial charge in [-0.2, -0.15) is 5.26 Å². The van der Waals surface area contributed by atoms with E-state index in [1.54, 1.807) is 18.2 Å². The fraction of sp³-hybridized carbons (Fsp3) is 0.308. The van der Waals surface area contributed by atoms with Crippen LogP contribution in [0.3, 0.4) is 0 Å². The molecule has 94 valence electrons. The van der Waals surface area contributed by atoms with E-state index in [2.05, 4.69) is 6.58 Å². The Morgan fingerprint density at radius 2 is 2.28 bits per heavy atom. The van der Waals surface area contributed by atoms with Crippen LogP contribution in [0.4, 0.5) is 11.4 Å². The van der Waals surface area contributed by atoms with Gasteiger partial charge in [-0.15, -0.1) is 6.58 Å². The molecule has 1 rings (SSSR count). The van der Waals surface area contributed by atoms with Gasteiger partial charge in [0, 0.05) is 24.3 Å². The summed E-state index contributed by atoms with van der Waals surface area (Å²) < 4.78 is 0. The Morgan fingerprint density at radius 3 is 2.72 bits per heavy atom. The van der Waals surface area contributed by atoms with Gasteiger partial charge in [-0.25, -0.2) is 0 Å². The molecule has 0 fully saturated rings. The minimum absolute atomic E-state index is 0.0761. The summed E-state index contributed by atoms with van der Waals surface area (Å²) in [4.78, 5) is 12.2. The van der Waals surface area contributed by atoms with E-state index in [9.17, 15) is 10.1 Å². The van der Waals surface area contributed by atoms with Crippen molar-refractivity contribution in [2.75, 3.05) is 11.4 Å². The summed E-state index contributed by atoms with van der Waals surface area (Å²) in [6, 6.07) is 6.64. The molecule has 0 aliphatic rings. The van der Waals surface area contributed by atoms with Gasteiger partial charge in [0.05, 0.1) is 4.92 Å². The van der Waals surface area contributed by atoms with Crippen molar-refractivity contribution in [1.29, 1.82) is 5.26 Å². The van der Waals surface area contributed by atoms with Crippen molar-refractivity contribution >= 4 is 11.4 Å². The van der Waals surface area contributed by atoms with Crippen molar-refractivity contribution in [2.45, 2.75) is 19.9 Å². The van der Waals surface area contributed by atoms with Crippen LogP contribution < -0.4 is 4.90 Å². The smallest absolute Gasteiger partial charge is 0.287 e. The zero-order valence-corrected chi connectivity index (χ0v) is 10.5. The van der Waals surface area contributed by atoms with Gasteiger partial charge >= 0.3 is 0 Å². The first-order chi connectivity index (χ1) is 8.51. The first kappa shape index (κ1) is 13.7. The molecule has 1 aromatic carbocycles. The fourth-order valence-corrected chi connectivity index (χ4v) is 1.70. The van der Waals surface area contributed by atoms with Crippen LogP contribution in [0.25, 0.3) is 0 Å². The van der Waals surface area contributed by atoms with Gasteiger partial charge < -0.3 is 4.90 Å². The molecule has 0 saturated carbocycles. The lowest BCUT2D eigenvalue weighted by Gasteiger charge is -2.27. The molecule has 0 atom stereocenters. The summed E-state index contributed by atoms with van der Waals surface area (Å²) in [6.45, 7) is 8.33. The molecule has 5 heteroatoms. The Balaban J connectivity index is 3.23. The number of benzene rings is 1. The highest BCUT2D eigenvalue weighted by Gasteiger charge is 2.17. The van der Waals surface area contributed by atoms with E-state index in [4.69, 9.17) is 5.26 Å². The lowest BCUT2D eigenvalue weighted by molar-refractivity contribution is -0.385. The topological polar surface area (TPSA) is 70.2 Å². The van der Waals surface area contributed by atoms with Crippen molar-refractivity contribution in [3.05, 3.63) is 46.5 Å². The van der Waals surface area contributed by atoms with Crippen molar-refractivity contribution in [1.82, 2.24) is 0 Å². The van der Waals surface area contributed by atoms with Gasteiger partial charge in [0.2, 0.25) is 0 Å². The molecule has 18 heavy (non-hydrogen) atoms. The van der Waals surface area contributed by atoms with Crippen molar-refractivity contribution in [3.63, 3.8) is 0 Å². The standard InChI is InChI=1S/C13H15N3O2/c1-4-7-15(10(2)3)12-5-6-13(16(17)18)11(8-12)9-14/h4-6,8,10H,1,7H2,2-3H3. The van der Waals surface area contributed by atoms with Crippen LogP contribution in [-0.2, 0) is 0 Å². The third-order valence-electron chi connectivity index (χ3n) is 2.58. The second-order valence-electron chi connectivity index (χ2n) is 4.11. The number of rotatable bonds is 5. The van der Waals surface area contributed by atoms with Crippen LogP contribution >= 0.6 is 0 Å². The average molecular weight is 245 g/mol. The molecule has 0 N–H and O–H groups in total. The molecule has 0 unspecified atom stereocenters. The molecule has 0 saturated heterocycles. The summed E-state index contributed by atoms with van der Waals surface area (Å²) in [5, 5.41) is 19.7. The summed E-state index contributed by atoms with van der Waals surface area (Å²) >= 11 is 0. The highest BCUT2D eigenvalue weighted by atomic mass is 16.6. The molecule has 0 radical (unpaired) electrons. The molecule has 0 spiro atoms. The predicted molar refractivity (Wildman–Crippen MR) is 70.5 cm³/mol. The monoisotopic (exact) mass is 245 g/mol. The van der Waals surface area contributed by atoms with Gasteiger partial charge in [-0.1, -0.05) is 6.08 Å². The average Bonchev–Trinajstić information content (AvgIpc) is 2.34. The van der Waals surface area contributed by atoms with E-state index >= 15 is 0 Å². The van der Waals surface area contributed by atoms with Crippen LogP contribution in [0.1, 0.15) is 19.4 Å². The summed E-state index contributed by atoms with van der Waals surface area (Å²) in [7, 11) is 0. The molecule has 1 aromatic rings. The Labute approximate surface area is 106 Å². The summed E-state index contributed by atoms with van der Waals surface area (Å²) in [5.41, 5.74) is 0.697. The minimum atomic E-state index is -0.546. The molecule has 0 heterocycles. The summed E-state index contributed by atoms with van der Waals surface area (Å²) in [5.74, 6) is 0. The quantitative estimate of drug-likeness (QED) is 0.454. The Hall–Kier alpha value is -2.35. The van der Waals surface area contributed by atoms with E-state index in [0.717, 1.165) is 5.69 Å². The lowest BCUT2D eigenvalue weighted by Crippen LogP contribution is -2.30. The third kappa shape index (κ3) is 2.86. The highest BCUT2D eigenvalue weighted by Crippen LogP contribution is 2.25. The van der Waals surface area contributed by atoms with Gasteiger partial charge in [0.25, 0.3) is 5.69 Å². The summed E-state index contributed by atoms with van der Waals surface area (Å²) in [6.07, 6.45) is 1.76. The molecule has 0 aromatic heterocycles. The number of anilines is 1. The second-order valence-corrected chi connectivity index (χ2v) is 4.11. The van der Waals surface area contributed by atoms with Crippen LogP contribution in [0.15, 0.2) is 30.9 Å². The minimum Gasteiger partial charge on any atom is -0.365 e. The molecular formula is C13H15N3O2. The molecule has 0 bridgehead atoms. The second kappa shape index (κ2) is 5.82. The molecule has 5 nitrogen and oxygen atoms in total. The van der Waals surface area contributed by atoms with Crippen LogP contribution in [0.5, 0.6) is 0 Å². The van der Waals surface area contributed by atoms with Gasteiger partial charge in [-0.05, 0) is 26.0 Å². The number of nitrogens with zero attached hydrogens (tertiary/aromatic N) is 3. The fourth-order valence-electron chi connectivity index (χ4n) is 1.70. The third-order valence-corrected chi connectivity index (χ3v) is 2.58. The van der Waals surface area contributed by atoms with Gasteiger partial charge in [0.1, 0.15) is 11.6 Å². The molecule has 0 amide bonds. The normalized spacial score (nSPS) is 9.89. The van der Waals surface area contributed by atoms with Crippen molar-refractivity contribution in [3.8, 4) is 6.07 Å². The molecule has 0 aliphatic carbocycles. The lowest BCUT2D eigenvalue weighted by atomic mass is 10.1. The van der Waals surface area contributed by atoms with E-state index in [0.29, 0.717) is 6.54 Å². The Bertz CT molecular complexity index is 503. The van der Waals surface area contributed by atoms with E-state index in [1.807, 2.05) is 24.8 Å². The maximum atomic E-state index is 10.7. The number of nitro groups is 1. The Kier molecular flexibility index (Phi) is 4.44.